The summed E-state index contributed by atoms with van der Waals surface area (Å²) in [6, 6.07) is 3.72. The van der Waals surface area contributed by atoms with Crippen LogP contribution in [0.15, 0.2) is 18.3 Å². The van der Waals surface area contributed by atoms with Crippen LogP contribution >= 0.6 is 0 Å². The maximum absolute atomic E-state index is 12.4. The van der Waals surface area contributed by atoms with Crippen molar-refractivity contribution in [1.29, 1.82) is 0 Å². The Bertz CT molecular complexity index is 665. The first-order valence-electron chi connectivity index (χ1n) is 8.71. The molecule has 0 radical (unpaired) electrons. The van der Waals surface area contributed by atoms with Crippen molar-refractivity contribution in [2.45, 2.75) is 32.2 Å². The van der Waals surface area contributed by atoms with E-state index in [1.165, 1.54) is 0 Å². The van der Waals surface area contributed by atoms with Crippen LogP contribution < -0.4 is 10.2 Å². The van der Waals surface area contributed by atoms with Gasteiger partial charge < -0.3 is 10.2 Å². The molecular formula is C18H24N4O3. The van der Waals surface area contributed by atoms with Crippen LogP contribution in [0.4, 0.5) is 5.82 Å². The number of aromatic nitrogens is 1. The molecule has 1 aromatic heterocycles. The molecule has 1 aliphatic heterocycles. The number of anilines is 1. The minimum atomic E-state index is -0.316. The number of hydrogen-bond donors (Lipinski definition) is 1. The van der Waals surface area contributed by atoms with E-state index >= 15 is 0 Å². The second-order valence-electron chi connectivity index (χ2n) is 6.95. The number of carbonyl (C=O) groups is 3. The summed E-state index contributed by atoms with van der Waals surface area (Å²) in [5.74, 6) is -0.287. The topological polar surface area (TPSA) is 82.6 Å². The van der Waals surface area contributed by atoms with E-state index in [2.05, 4.69) is 10.3 Å². The average Bonchev–Trinajstić information content (AvgIpc) is 2.85. The summed E-state index contributed by atoms with van der Waals surface area (Å²) in [5, 5.41) is 2.78. The Morgan fingerprint density at radius 2 is 1.88 bits per heavy atom. The largest absolute Gasteiger partial charge is 0.363 e. The molecular weight excluding hydrogens is 320 g/mol. The van der Waals surface area contributed by atoms with E-state index in [4.69, 9.17) is 0 Å². The molecule has 7 heteroatoms. The highest BCUT2D eigenvalue weighted by Crippen LogP contribution is 2.37. The van der Waals surface area contributed by atoms with E-state index in [0.29, 0.717) is 6.54 Å². The average molecular weight is 344 g/mol. The number of nitrogens with one attached hydrogen (secondary N) is 1. The Kier molecular flexibility index (Phi) is 5.01. The lowest BCUT2D eigenvalue weighted by atomic mass is 9.81. The van der Waals surface area contributed by atoms with Crippen molar-refractivity contribution in [1.82, 2.24) is 15.2 Å². The van der Waals surface area contributed by atoms with Gasteiger partial charge in [-0.15, -0.1) is 0 Å². The van der Waals surface area contributed by atoms with Gasteiger partial charge in [0.05, 0.1) is 11.8 Å². The second-order valence-corrected chi connectivity index (χ2v) is 6.95. The molecule has 1 aliphatic carbocycles. The first-order chi connectivity index (χ1) is 12.0. The van der Waals surface area contributed by atoms with Gasteiger partial charge in [0, 0.05) is 26.8 Å². The number of pyridine rings is 1. The van der Waals surface area contributed by atoms with Crippen molar-refractivity contribution in [2.75, 3.05) is 25.5 Å². The van der Waals surface area contributed by atoms with Crippen molar-refractivity contribution >= 4 is 23.5 Å². The minimum absolute atomic E-state index is 0.177. The van der Waals surface area contributed by atoms with Crippen molar-refractivity contribution in [2.24, 2.45) is 11.8 Å². The van der Waals surface area contributed by atoms with Gasteiger partial charge in [0.15, 0.2) is 0 Å². The van der Waals surface area contributed by atoms with Crippen LogP contribution in [-0.4, -0.2) is 48.2 Å². The molecule has 134 valence electrons. The highest BCUT2D eigenvalue weighted by molar-refractivity contribution is 6.07. The molecule has 1 saturated heterocycles. The zero-order valence-electron chi connectivity index (χ0n) is 14.7. The molecule has 0 spiro atoms. The van der Waals surface area contributed by atoms with E-state index < -0.39 is 0 Å². The molecule has 2 aliphatic rings. The van der Waals surface area contributed by atoms with Crippen LogP contribution in [0.3, 0.4) is 0 Å². The monoisotopic (exact) mass is 344 g/mol. The zero-order chi connectivity index (χ0) is 18.0. The summed E-state index contributed by atoms with van der Waals surface area (Å²) in [6.45, 7) is 0.154. The predicted molar refractivity (Wildman–Crippen MR) is 92.6 cm³/mol. The van der Waals surface area contributed by atoms with Gasteiger partial charge in [-0.1, -0.05) is 12.8 Å². The standard InChI is InChI=1S/C18H24N4O3/c1-21(2)15-9-12(7-8-19-15)10-20-16(23)11-22-17(24)13-5-3-4-6-14(13)18(22)25/h7-9,13-14H,3-6,10-11H2,1-2H3,(H,20,23)/t13-,14-/m0/s1. The van der Waals surface area contributed by atoms with Crippen molar-refractivity contribution in [3.63, 3.8) is 0 Å². The summed E-state index contributed by atoms with van der Waals surface area (Å²) in [4.78, 5) is 44.2. The van der Waals surface area contributed by atoms with Gasteiger partial charge in [-0.05, 0) is 30.5 Å². The molecule has 2 fully saturated rings. The molecule has 1 aromatic rings. The number of hydrogen-bond acceptors (Lipinski definition) is 5. The van der Waals surface area contributed by atoms with Gasteiger partial charge in [-0.25, -0.2) is 4.98 Å². The molecule has 0 aromatic carbocycles. The first kappa shape index (κ1) is 17.4. The normalized spacial score (nSPS) is 22.7. The fourth-order valence-corrected chi connectivity index (χ4v) is 3.60. The lowest BCUT2D eigenvalue weighted by Crippen LogP contribution is -2.40. The Labute approximate surface area is 147 Å². The van der Waals surface area contributed by atoms with Gasteiger partial charge in [0.1, 0.15) is 12.4 Å². The van der Waals surface area contributed by atoms with Gasteiger partial charge in [-0.3, -0.25) is 19.3 Å². The minimum Gasteiger partial charge on any atom is -0.363 e. The number of likely N-dealkylation sites (tertiary alicyclic amines) is 1. The van der Waals surface area contributed by atoms with Crippen LogP contribution in [0.2, 0.25) is 0 Å². The number of fused-ring (bicyclic) bond motifs is 1. The van der Waals surface area contributed by atoms with Crippen LogP contribution in [0.1, 0.15) is 31.2 Å². The van der Waals surface area contributed by atoms with Gasteiger partial charge in [0.2, 0.25) is 17.7 Å². The summed E-state index contributed by atoms with van der Waals surface area (Å²) in [5.41, 5.74) is 0.916. The summed E-state index contributed by atoms with van der Waals surface area (Å²) in [7, 11) is 3.80. The van der Waals surface area contributed by atoms with Crippen molar-refractivity contribution < 1.29 is 14.4 Å². The summed E-state index contributed by atoms with van der Waals surface area (Å²) in [6.07, 6.45) is 5.18. The maximum atomic E-state index is 12.4. The smallest absolute Gasteiger partial charge is 0.240 e. The molecule has 1 N–H and O–H groups in total. The molecule has 3 rings (SSSR count). The molecule has 2 heterocycles. The fourth-order valence-electron chi connectivity index (χ4n) is 3.60. The maximum Gasteiger partial charge on any atom is 0.240 e. The van der Waals surface area contributed by atoms with Gasteiger partial charge in [0.25, 0.3) is 0 Å². The number of nitrogens with zero attached hydrogens (tertiary/aromatic N) is 3. The summed E-state index contributed by atoms with van der Waals surface area (Å²) >= 11 is 0. The fraction of sp³-hybridized carbons (Fsp3) is 0.556. The van der Waals surface area contributed by atoms with E-state index in [0.717, 1.165) is 42.0 Å². The molecule has 1 saturated carbocycles. The Hall–Kier alpha value is -2.44. The highest BCUT2D eigenvalue weighted by atomic mass is 16.2. The predicted octanol–water partition coefficient (Wildman–Crippen LogP) is 0.939. The van der Waals surface area contributed by atoms with Crippen LogP contribution in [0.25, 0.3) is 0 Å². The van der Waals surface area contributed by atoms with Crippen LogP contribution in [-0.2, 0) is 20.9 Å². The Morgan fingerprint density at radius 1 is 1.24 bits per heavy atom. The third-order valence-electron chi connectivity index (χ3n) is 4.99. The number of amides is 3. The molecule has 0 unspecified atom stereocenters. The van der Waals surface area contributed by atoms with Crippen molar-refractivity contribution in [3.05, 3.63) is 23.9 Å². The van der Waals surface area contributed by atoms with E-state index in [-0.39, 0.29) is 36.1 Å². The Balaban J connectivity index is 1.57. The van der Waals surface area contributed by atoms with Crippen LogP contribution in [0.5, 0.6) is 0 Å². The van der Waals surface area contributed by atoms with E-state index in [9.17, 15) is 14.4 Å². The molecule has 0 bridgehead atoms. The molecule has 7 nitrogen and oxygen atoms in total. The summed E-state index contributed by atoms with van der Waals surface area (Å²) < 4.78 is 0. The Morgan fingerprint density at radius 3 is 2.48 bits per heavy atom. The van der Waals surface area contributed by atoms with E-state index in [1.54, 1.807) is 6.20 Å². The zero-order valence-corrected chi connectivity index (χ0v) is 14.7. The number of carbonyl (C=O) groups excluding carboxylic acids is 3. The SMILES string of the molecule is CN(C)c1cc(CNC(=O)CN2C(=O)[C@H]3CCCC[C@@H]3C2=O)ccn1. The van der Waals surface area contributed by atoms with Gasteiger partial charge >= 0.3 is 0 Å². The van der Waals surface area contributed by atoms with Gasteiger partial charge in [-0.2, -0.15) is 0 Å². The number of imide groups is 1. The quantitative estimate of drug-likeness (QED) is 0.804. The number of rotatable bonds is 5. The first-order valence-corrected chi connectivity index (χ1v) is 8.71. The van der Waals surface area contributed by atoms with E-state index in [1.807, 2.05) is 31.1 Å². The third-order valence-corrected chi connectivity index (χ3v) is 4.99. The lowest BCUT2D eigenvalue weighted by Gasteiger charge is -2.19. The molecule has 25 heavy (non-hydrogen) atoms. The second kappa shape index (κ2) is 7.21. The lowest BCUT2D eigenvalue weighted by molar-refractivity contribution is -0.143. The highest BCUT2D eigenvalue weighted by Gasteiger charge is 2.48. The molecule has 2 atom stereocenters. The van der Waals surface area contributed by atoms with Crippen LogP contribution in [0, 0.1) is 11.8 Å². The van der Waals surface area contributed by atoms with Crippen molar-refractivity contribution in [3.8, 4) is 0 Å². The third kappa shape index (κ3) is 3.65. The molecule has 3 amide bonds.